The highest BCUT2D eigenvalue weighted by atomic mass is 16.3. The predicted octanol–water partition coefficient (Wildman–Crippen LogP) is 15.2. The van der Waals surface area contributed by atoms with Gasteiger partial charge in [0.15, 0.2) is 0 Å². The molecule has 0 saturated heterocycles. The number of nitrogens with zero attached hydrogens (tertiary/aromatic N) is 2. The van der Waals surface area contributed by atoms with E-state index in [9.17, 15) is 0 Å². The van der Waals surface area contributed by atoms with Crippen molar-refractivity contribution >= 4 is 79.2 Å². The molecule has 65 heavy (non-hydrogen) atoms. The van der Waals surface area contributed by atoms with Crippen LogP contribution in [0.5, 0.6) is 0 Å². The standard InChI is InChI=1S/C61H65BN2O/c1-57(2,3)38-19-26-42(27-20-38)63(43-28-21-39(22-29-43)58(4,5)6)45-34-49-56-53(35-45)64(44-30-23-40(24-31-44)59(7,8)9)52-36-47-46-17-15-16-18-54(46)65-55(47)37-51(52)62(56)50-33-41(60(10,11)12)25-32-48(50)61(49,13)14/h15-37H,1-14H3. The van der Waals surface area contributed by atoms with Crippen molar-refractivity contribution in [1.29, 1.82) is 0 Å². The van der Waals surface area contributed by atoms with Crippen LogP contribution < -0.4 is 26.2 Å². The highest BCUT2D eigenvalue weighted by Crippen LogP contribution is 2.48. The van der Waals surface area contributed by atoms with Gasteiger partial charge in [0.05, 0.1) is 0 Å². The minimum absolute atomic E-state index is 0.0114. The Morgan fingerprint density at radius 3 is 1.52 bits per heavy atom. The topological polar surface area (TPSA) is 19.6 Å². The minimum atomic E-state index is -0.317. The van der Waals surface area contributed by atoms with Crippen molar-refractivity contribution in [3.63, 3.8) is 0 Å². The summed E-state index contributed by atoms with van der Waals surface area (Å²) in [5.74, 6) is 0. The Kier molecular flexibility index (Phi) is 9.58. The van der Waals surface area contributed by atoms with Crippen LogP contribution in [-0.2, 0) is 27.1 Å². The number of anilines is 6. The molecule has 328 valence electrons. The van der Waals surface area contributed by atoms with Crippen LogP contribution in [0.4, 0.5) is 34.1 Å². The molecule has 0 atom stereocenters. The monoisotopic (exact) mass is 853 g/mol. The van der Waals surface area contributed by atoms with E-state index in [4.69, 9.17) is 4.42 Å². The van der Waals surface area contributed by atoms with E-state index < -0.39 is 0 Å². The first-order valence-corrected chi connectivity index (χ1v) is 23.7. The van der Waals surface area contributed by atoms with E-state index in [1.165, 1.54) is 61.1 Å². The number of hydrogen-bond donors (Lipinski definition) is 0. The van der Waals surface area contributed by atoms with E-state index in [2.05, 4.69) is 246 Å². The van der Waals surface area contributed by atoms with Gasteiger partial charge in [0.25, 0.3) is 0 Å². The first-order valence-electron chi connectivity index (χ1n) is 23.7. The Balaban J connectivity index is 1.32. The Hall–Kier alpha value is -6.00. The third-order valence-corrected chi connectivity index (χ3v) is 14.6. The number of furan rings is 1. The molecular weight excluding hydrogens is 787 g/mol. The molecule has 0 radical (unpaired) electrons. The highest BCUT2D eigenvalue weighted by Gasteiger charge is 2.47. The maximum absolute atomic E-state index is 6.73. The van der Waals surface area contributed by atoms with Gasteiger partial charge in [-0.25, -0.2) is 0 Å². The van der Waals surface area contributed by atoms with Gasteiger partial charge in [-0.3, -0.25) is 0 Å². The summed E-state index contributed by atoms with van der Waals surface area (Å²) in [7, 11) is 0. The zero-order valence-corrected chi connectivity index (χ0v) is 41.2. The molecule has 2 aliphatic heterocycles. The molecule has 0 saturated carbocycles. The fraction of sp³-hybridized carbons (Fsp3) is 0.311. The van der Waals surface area contributed by atoms with Gasteiger partial charge < -0.3 is 14.2 Å². The van der Waals surface area contributed by atoms with Crippen molar-refractivity contribution in [2.45, 2.75) is 124 Å². The molecule has 3 nitrogen and oxygen atoms in total. The number of benzene rings is 7. The van der Waals surface area contributed by atoms with Crippen LogP contribution in [0.15, 0.2) is 144 Å². The van der Waals surface area contributed by atoms with Gasteiger partial charge in [-0.15, -0.1) is 0 Å². The minimum Gasteiger partial charge on any atom is -0.456 e. The first kappa shape index (κ1) is 42.9. The Morgan fingerprint density at radius 2 is 0.969 bits per heavy atom. The van der Waals surface area contributed by atoms with E-state index in [0.29, 0.717) is 0 Å². The molecule has 0 aliphatic carbocycles. The van der Waals surface area contributed by atoms with Crippen LogP contribution in [0.1, 0.15) is 130 Å². The van der Waals surface area contributed by atoms with Gasteiger partial charge in [0.2, 0.25) is 6.71 Å². The van der Waals surface area contributed by atoms with Crippen LogP contribution >= 0.6 is 0 Å². The molecule has 10 rings (SSSR count). The van der Waals surface area contributed by atoms with Crippen molar-refractivity contribution in [2.24, 2.45) is 0 Å². The molecular formula is C61H65BN2O. The molecule has 0 spiro atoms. The number of rotatable bonds is 4. The van der Waals surface area contributed by atoms with Crippen molar-refractivity contribution < 1.29 is 4.42 Å². The lowest BCUT2D eigenvalue weighted by atomic mass is 9.30. The second-order valence-corrected chi connectivity index (χ2v) is 23.6. The lowest BCUT2D eigenvalue weighted by molar-refractivity contribution is 0.588. The molecule has 1 aromatic heterocycles. The molecule has 4 heteroatoms. The Morgan fingerprint density at radius 1 is 0.446 bits per heavy atom. The summed E-state index contributed by atoms with van der Waals surface area (Å²) in [6.45, 7) is 32.5. The molecule has 3 heterocycles. The number of hydrogen-bond acceptors (Lipinski definition) is 3. The lowest BCUT2D eigenvalue weighted by Crippen LogP contribution is -2.64. The lowest BCUT2D eigenvalue weighted by Gasteiger charge is -2.46. The van der Waals surface area contributed by atoms with Crippen LogP contribution in [0, 0.1) is 0 Å². The van der Waals surface area contributed by atoms with Crippen LogP contribution in [0.25, 0.3) is 21.9 Å². The average molecular weight is 853 g/mol. The van der Waals surface area contributed by atoms with Crippen molar-refractivity contribution in [2.75, 3.05) is 9.80 Å². The third kappa shape index (κ3) is 7.11. The van der Waals surface area contributed by atoms with E-state index >= 15 is 0 Å². The second-order valence-electron chi connectivity index (χ2n) is 23.6. The maximum Gasteiger partial charge on any atom is 0.247 e. The fourth-order valence-corrected chi connectivity index (χ4v) is 10.6. The second kappa shape index (κ2) is 14.5. The number of fused-ring (bicyclic) bond motifs is 7. The maximum atomic E-state index is 6.73. The average Bonchev–Trinajstić information content (AvgIpc) is 3.61. The molecule has 0 N–H and O–H groups in total. The van der Waals surface area contributed by atoms with Gasteiger partial charge >= 0.3 is 0 Å². The molecule has 0 bridgehead atoms. The molecule has 8 aromatic rings. The molecule has 0 unspecified atom stereocenters. The summed E-state index contributed by atoms with van der Waals surface area (Å²) >= 11 is 0. The zero-order valence-electron chi connectivity index (χ0n) is 41.2. The zero-order chi connectivity index (χ0) is 46.2. The molecule has 0 fully saturated rings. The van der Waals surface area contributed by atoms with Gasteiger partial charge in [-0.1, -0.05) is 175 Å². The van der Waals surface area contributed by atoms with Gasteiger partial charge in [-0.2, -0.15) is 0 Å². The Bertz CT molecular complexity index is 3080. The summed E-state index contributed by atoms with van der Waals surface area (Å²) in [4.78, 5) is 5.06. The Labute approximate surface area is 388 Å². The van der Waals surface area contributed by atoms with E-state index in [1.54, 1.807) is 0 Å². The summed E-state index contributed by atoms with van der Waals surface area (Å²) in [5, 5.41) is 2.27. The molecule has 0 amide bonds. The molecule has 2 aliphatic rings. The van der Waals surface area contributed by atoms with Gasteiger partial charge in [-0.05, 0) is 133 Å². The van der Waals surface area contributed by atoms with Crippen LogP contribution in [0.3, 0.4) is 0 Å². The van der Waals surface area contributed by atoms with Crippen molar-refractivity contribution in [1.82, 2.24) is 0 Å². The first-order chi connectivity index (χ1) is 30.5. The summed E-state index contributed by atoms with van der Waals surface area (Å²) in [6, 6.07) is 53.5. The van der Waals surface area contributed by atoms with Gasteiger partial charge in [0, 0.05) is 50.3 Å². The van der Waals surface area contributed by atoms with E-state index in [1.807, 2.05) is 0 Å². The van der Waals surface area contributed by atoms with E-state index in [-0.39, 0.29) is 33.8 Å². The normalized spacial score (nSPS) is 14.7. The summed E-state index contributed by atoms with van der Waals surface area (Å²) in [6.07, 6.45) is 0. The highest BCUT2D eigenvalue weighted by molar-refractivity contribution is 6.99. The smallest absolute Gasteiger partial charge is 0.247 e. The van der Waals surface area contributed by atoms with Crippen LogP contribution in [0.2, 0.25) is 0 Å². The van der Waals surface area contributed by atoms with Crippen LogP contribution in [-0.4, -0.2) is 6.71 Å². The van der Waals surface area contributed by atoms with E-state index in [0.717, 1.165) is 44.7 Å². The largest absolute Gasteiger partial charge is 0.456 e. The van der Waals surface area contributed by atoms with Gasteiger partial charge in [0.1, 0.15) is 11.2 Å². The van der Waals surface area contributed by atoms with Crippen molar-refractivity contribution in [3.8, 4) is 0 Å². The quantitative estimate of drug-likeness (QED) is 0.164. The summed E-state index contributed by atoms with van der Waals surface area (Å²) < 4.78 is 6.73. The SMILES string of the molecule is CC(C)(C)c1ccc(N(c2ccc(C(C)(C)C)cc2)c2cc3c4c(c2)C(C)(C)c2ccc(C(C)(C)C)cc2B4c2cc4oc5ccccc5c4cc2N3c2ccc(C(C)(C)C)cc2)cc1. The third-order valence-electron chi connectivity index (χ3n) is 14.6. The number of para-hydroxylation sites is 1. The molecule has 7 aromatic carbocycles. The fourth-order valence-electron chi connectivity index (χ4n) is 10.6. The van der Waals surface area contributed by atoms with Crippen molar-refractivity contribution in [3.05, 3.63) is 173 Å². The predicted molar refractivity (Wildman–Crippen MR) is 281 cm³/mol. The summed E-state index contributed by atoms with van der Waals surface area (Å²) in [5.41, 5.74) is 20.6.